The summed E-state index contributed by atoms with van der Waals surface area (Å²) >= 11 is 1.38. The van der Waals surface area contributed by atoms with Gasteiger partial charge in [0.15, 0.2) is 5.13 Å². The van der Waals surface area contributed by atoms with Gasteiger partial charge in [-0.3, -0.25) is 4.79 Å². The zero-order chi connectivity index (χ0) is 14.6. The summed E-state index contributed by atoms with van der Waals surface area (Å²) in [6, 6.07) is -1.05. The van der Waals surface area contributed by atoms with Crippen LogP contribution in [-0.2, 0) is 4.79 Å². The van der Waals surface area contributed by atoms with Crippen molar-refractivity contribution in [1.29, 1.82) is 0 Å². The Morgan fingerprint density at radius 2 is 2.26 bits per heavy atom. The molecule has 1 unspecified atom stereocenters. The number of aliphatic carboxylic acids is 1. The number of anilines is 1. The first-order chi connectivity index (χ1) is 8.71. The molecule has 0 spiro atoms. The van der Waals surface area contributed by atoms with E-state index in [4.69, 9.17) is 10.8 Å². The third-order valence-electron chi connectivity index (χ3n) is 2.57. The molecule has 0 saturated carbocycles. The number of carboxylic acid groups (broad SMARTS) is 1. The lowest BCUT2D eigenvalue weighted by Gasteiger charge is -2.28. The largest absolute Gasteiger partial charge is 0.480 e. The van der Waals surface area contributed by atoms with Gasteiger partial charge in [0.25, 0.3) is 0 Å². The third-order valence-corrected chi connectivity index (χ3v) is 3.39. The van der Waals surface area contributed by atoms with Crippen LogP contribution in [-0.4, -0.2) is 48.1 Å². The molecule has 1 atom stereocenters. The van der Waals surface area contributed by atoms with Crippen molar-refractivity contribution in [1.82, 2.24) is 9.88 Å². The average molecular weight is 286 g/mol. The van der Waals surface area contributed by atoms with E-state index in [-0.39, 0.29) is 5.41 Å². The molecule has 7 heteroatoms. The highest BCUT2D eigenvalue weighted by atomic mass is 32.1. The fourth-order valence-electron chi connectivity index (χ4n) is 1.86. The summed E-state index contributed by atoms with van der Waals surface area (Å²) in [5.74, 6) is -1.07. The minimum atomic E-state index is -1.07. The standard InChI is InChI=1S/C12H22N4O2S/c1-12(2,7-16(3)4)6-14-11-15-8(5-19-11)9(13)10(17)18/h5,9H,6-7,13H2,1-4H3,(H,14,15)(H,17,18). The minimum Gasteiger partial charge on any atom is -0.480 e. The first-order valence-corrected chi connectivity index (χ1v) is 6.92. The number of carbonyl (C=O) groups is 1. The molecule has 108 valence electrons. The highest BCUT2D eigenvalue weighted by Crippen LogP contribution is 2.22. The zero-order valence-corrected chi connectivity index (χ0v) is 12.6. The molecule has 6 nitrogen and oxygen atoms in total. The normalized spacial score (nSPS) is 13.6. The number of hydrogen-bond acceptors (Lipinski definition) is 6. The van der Waals surface area contributed by atoms with Crippen molar-refractivity contribution >= 4 is 22.4 Å². The molecule has 0 radical (unpaired) electrons. The van der Waals surface area contributed by atoms with Crippen molar-refractivity contribution in [3.8, 4) is 0 Å². The van der Waals surface area contributed by atoms with E-state index >= 15 is 0 Å². The number of nitrogens with one attached hydrogen (secondary N) is 1. The van der Waals surface area contributed by atoms with Crippen LogP contribution in [0.25, 0.3) is 0 Å². The number of nitrogens with zero attached hydrogens (tertiary/aromatic N) is 2. The molecule has 0 aliphatic rings. The topological polar surface area (TPSA) is 91.5 Å². The number of carboxylic acids is 1. The molecule has 19 heavy (non-hydrogen) atoms. The van der Waals surface area contributed by atoms with E-state index in [0.717, 1.165) is 13.1 Å². The molecule has 1 aromatic rings. The van der Waals surface area contributed by atoms with E-state index in [0.29, 0.717) is 10.8 Å². The first kappa shape index (κ1) is 15.9. The molecule has 0 aliphatic heterocycles. The summed E-state index contributed by atoms with van der Waals surface area (Å²) in [5, 5.41) is 14.4. The van der Waals surface area contributed by atoms with Gasteiger partial charge in [-0.25, -0.2) is 4.98 Å². The number of nitrogens with two attached hydrogens (primary N) is 1. The van der Waals surface area contributed by atoms with Crippen molar-refractivity contribution in [2.45, 2.75) is 19.9 Å². The van der Waals surface area contributed by atoms with Gasteiger partial charge in [0.1, 0.15) is 6.04 Å². The van der Waals surface area contributed by atoms with Gasteiger partial charge < -0.3 is 21.1 Å². The molecule has 1 heterocycles. The summed E-state index contributed by atoms with van der Waals surface area (Å²) in [6.45, 7) is 6.04. The Hall–Kier alpha value is -1.18. The van der Waals surface area contributed by atoms with Crippen molar-refractivity contribution in [3.05, 3.63) is 11.1 Å². The lowest BCUT2D eigenvalue weighted by Crippen LogP contribution is -2.34. The van der Waals surface area contributed by atoms with Gasteiger partial charge in [-0.2, -0.15) is 0 Å². The Morgan fingerprint density at radius 1 is 1.63 bits per heavy atom. The van der Waals surface area contributed by atoms with Crippen LogP contribution in [0.2, 0.25) is 0 Å². The quantitative estimate of drug-likeness (QED) is 0.698. The fourth-order valence-corrected chi connectivity index (χ4v) is 2.61. The fraction of sp³-hybridized carbons (Fsp3) is 0.667. The summed E-state index contributed by atoms with van der Waals surface area (Å²) in [4.78, 5) is 17.1. The molecule has 1 rings (SSSR count). The van der Waals surface area contributed by atoms with Gasteiger partial charge in [0.2, 0.25) is 0 Å². The van der Waals surface area contributed by atoms with Crippen LogP contribution in [0.15, 0.2) is 5.38 Å². The van der Waals surface area contributed by atoms with Crippen LogP contribution in [0, 0.1) is 5.41 Å². The smallest absolute Gasteiger partial charge is 0.326 e. The Kier molecular flexibility index (Phi) is 5.28. The molecule has 1 aromatic heterocycles. The maximum absolute atomic E-state index is 10.8. The molecule has 0 aromatic carbocycles. The molecule has 0 amide bonds. The summed E-state index contributed by atoms with van der Waals surface area (Å²) in [5.41, 5.74) is 6.00. The summed E-state index contributed by atoms with van der Waals surface area (Å²) in [7, 11) is 4.07. The number of thiazole rings is 1. The van der Waals surface area contributed by atoms with Gasteiger partial charge in [-0.15, -0.1) is 11.3 Å². The number of hydrogen-bond donors (Lipinski definition) is 3. The van der Waals surface area contributed by atoms with Gasteiger partial charge in [0, 0.05) is 18.5 Å². The van der Waals surface area contributed by atoms with Gasteiger partial charge >= 0.3 is 5.97 Å². The number of aromatic nitrogens is 1. The van der Waals surface area contributed by atoms with Crippen LogP contribution >= 0.6 is 11.3 Å². The van der Waals surface area contributed by atoms with Gasteiger partial charge in [0.05, 0.1) is 5.69 Å². The second-order valence-electron chi connectivity index (χ2n) is 5.65. The van der Waals surface area contributed by atoms with E-state index in [1.807, 2.05) is 14.1 Å². The minimum absolute atomic E-state index is 0.101. The second-order valence-corrected chi connectivity index (χ2v) is 6.51. The van der Waals surface area contributed by atoms with Crippen LogP contribution in [0.1, 0.15) is 25.6 Å². The Balaban J connectivity index is 2.57. The predicted octanol–water partition coefficient (Wildman–Crippen LogP) is 1.23. The zero-order valence-electron chi connectivity index (χ0n) is 11.8. The first-order valence-electron chi connectivity index (χ1n) is 6.04. The van der Waals surface area contributed by atoms with E-state index in [1.165, 1.54) is 11.3 Å². The molecule has 0 saturated heterocycles. The maximum atomic E-state index is 10.8. The highest BCUT2D eigenvalue weighted by molar-refractivity contribution is 7.13. The van der Waals surface area contributed by atoms with Crippen LogP contribution in [0.3, 0.4) is 0 Å². The van der Waals surface area contributed by atoms with E-state index in [2.05, 4.69) is 29.0 Å². The molecule has 4 N–H and O–H groups in total. The van der Waals surface area contributed by atoms with E-state index in [1.54, 1.807) is 5.38 Å². The van der Waals surface area contributed by atoms with E-state index < -0.39 is 12.0 Å². The van der Waals surface area contributed by atoms with Gasteiger partial charge in [-0.1, -0.05) is 13.8 Å². The molecule has 0 aliphatic carbocycles. The van der Waals surface area contributed by atoms with Gasteiger partial charge in [-0.05, 0) is 19.5 Å². The van der Waals surface area contributed by atoms with Crippen molar-refractivity contribution < 1.29 is 9.90 Å². The molecule has 0 fully saturated rings. The highest BCUT2D eigenvalue weighted by Gasteiger charge is 2.21. The third kappa shape index (κ3) is 5.14. The lowest BCUT2D eigenvalue weighted by atomic mass is 9.93. The Morgan fingerprint density at radius 3 is 2.79 bits per heavy atom. The average Bonchev–Trinajstić information content (AvgIpc) is 2.72. The summed E-state index contributed by atoms with van der Waals surface area (Å²) < 4.78 is 0. The monoisotopic (exact) mass is 286 g/mol. The molecule has 0 bridgehead atoms. The predicted molar refractivity (Wildman–Crippen MR) is 77.5 cm³/mol. The molecular weight excluding hydrogens is 264 g/mol. The van der Waals surface area contributed by atoms with Crippen LogP contribution in [0.4, 0.5) is 5.13 Å². The maximum Gasteiger partial charge on any atom is 0.326 e. The van der Waals surface area contributed by atoms with Crippen molar-refractivity contribution in [2.75, 3.05) is 32.5 Å². The second kappa shape index (κ2) is 6.31. The SMILES string of the molecule is CN(C)CC(C)(C)CNc1nc(C(N)C(=O)O)cs1. The Labute approximate surface area is 117 Å². The lowest BCUT2D eigenvalue weighted by molar-refractivity contribution is -0.138. The van der Waals surface area contributed by atoms with Crippen LogP contribution < -0.4 is 11.1 Å². The van der Waals surface area contributed by atoms with Crippen molar-refractivity contribution in [3.63, 3.8) is 0 Å². The van der Waals surface area contributed by atoms with E-state index in [9.17, 15) is 4.79 Å². The Bertz CT molecular complexity index is 431. The summed E-state index contributed by atoms with van der Waals surface area (Å²) in [6.07, 6.45) is 0. The molecular formula is C12H22N4O2S. The van der Waals surface area contributed by atoms with Crippen LogP contribution in [0.5, 0.6) is 0 Å². The van der Waals surface area contributed by atoms with Crippen molar-refractivity contribution in [2.24, 2.45) is 11.1 Å². The number of rotatable bonds is 7.